The van der Waals surface area contributed by atoms with Gasteiger partial charge in [0.25, 0.3) is 0 Å². The number of anilines is 1. The van der Waals surface area contributed by atoms with Gasteiger partial charge in [-0.05, 0) is 30.5 Å². The van der Waals surface area contributed by atoms with Crippen molar-refractivity contribution in [1.29, 1.82) is 0 Å². The summed E-state index contributed by atoms with van der Waals surface area (Å²) < 4.78 is 0. The second kappa shape index (κ2) is 7.91. The van der Waals surface area contributed by atoms with Gasteiger partial charge in [-0.15, -0.1) is 0 Å². The van der Waals surface area contributed by atoms with Crippen LogP contribution in [-0.4, -0.2) is 23.7 Å². The fraction of sp³-hybridized carbons (Fsp3) is 0.440. The minimum absolute atomic E-state index is 0.0320. The molecule has 2 aromatic carbocycles. The van der Waals surface area contributed by atoms with E-state index in [1.165, 1.54) is 0 Å². The molecule has 0 aromatic heterocycles. The Morgan fingerprint density at radius 1 is 1.10 bits per heavy atom. The molecule has 2 heterocycles. The van der Waals surface area contributed by atoms with Crippen molar-refractivity contribution in [2.75, 3.05) is 11.9 Å². The lowest BCUT2D eigenvalue weighted by Gasteiger charge is -2.36. The predicted octanol–water partition coefficient (Wildman–Crippen LogP) is 5.27. The molecule has 31 heavy (non-hydrogen) atoms. The number of nitrogens with zero attached hydrogens (tertiary/aromatic N) is 4. The summed E-state index contributed by atoms with van der Waals surface area (Å²) in [4.78, 5) is 27.7. The minimum Gasteiger partial charge on any atom is -0.307 e. The second-order valence-electron chi connectivity index (χ2n) is 9.40. The first-order valence-corrected chi connectivity index (χ1v) is 10.8. The maximum absolute atomic E-state index is 13.8. The number of fused-ring (bicyclic) bond motifs is 5. The van der Waals surface area contributed by atoms with E-state index in [0.29, 0.717) is 13.0 Å². The summed E-state index contributed by atoms with van der Waals surface area (Å²) in [6.07, 6.45) is 0.512. The van der Waals surface area contributed by atoms with E-state index in [1.54, 1.807) is 6.92 Å². The Balaban J connectivity index is 1.79. The molecule has 0 radical (unpaired) electrons. The molecule has 0 saturated carbocycles. The third-order valence-corrected chi connectivity index (χ3v) is 6.72. The van der Waals surface area contributed by atoms with Crippen molar-refractivity contribution < 1.29 is 9.59 Å². The molecule has 3 unspecified atom stereocenters. The van der Waals surface area contributed by atoms with Crippen LogP contribution in [0.5, 0.6) is 0 Å². The highest BCUT2D eigenvalue weighted by Gasteiger charge is 2.40. The second-order valence-corrected chi connectivity index (χ2v) is 9.40. The highest BCUT2D eigenvalue weighted by atomic mass is 16.2. The number of carbonyl (C=O) groups is 2. The molecule has 0 aliphatic carbocycles. The molecular formula is C25H30N4O2. The number of Topliss-reactive ketones (excluding diaryl/α,β-unsaturated/α-hetero) is 1. The zero-order chi connectivity index (χ0) is 22.3. The smallest absolute Gasteiger partial charge is 0.230 e. The van der Waals surface area contributed by atoms with Gasteiger partial charge in [-0.3, -0.25) is 14.6 Å². The fourth-order valence-electron chi connectivity index (χ4n) is 4.73. The molecule has 2 aliphatic heterocycles. The number of amides is 1. The Morgan fingerprint density at radius 2 is 1.74 bits per heavy atom. The topological polar surface area (TPSA) is 65.3 Å². The Kier molecular flexibility index (Phi) is 5.42. The van der Waals surface area contributed by atoms with Crippen molar-refractivity contribution in [3.05, 3.63) is 65.2 Å². The first kappa shape index (κ1) is 21.2. The molecule has 162 valence electrons. The number of benzene rings is 2. The lowest BCUT2D eigenvalue weighted by atomic mass is 9.79. The van der Waals surface area contributed by atoms with Gasteiger partial charge in [0.05, 0.1) is 6.54 Å². The highest BCUT2D eigenvalue weighted by molar-refractivity contribution is 5.96. The van der Waals surface area contributed by atoms with Crippen LogP contribution >= 0.6 is 0 Å². The summed E-state index contributed by atoms with van der Waals surface area (Å²) in [5.74, 6) is -0.154. The maximum Gasteiger partial charge on any atom is 0.230 e. The van der Waals surface area contributed by atoms with Crippen LogP contribution in [0.15, 0.2) is 58.9 Å². The molecule has 2 aliphatic rings. The zero-order valence-electron chi connectivity index (χ0n) is 18.9. The molecule has 1 amide bonds. The van der Waals surface area contributed by atoms with Gasteiger partial charge in [-0.1, -0.05) is 68.5 Å². The van der Waals surface area contributed by atoms with Gasteiger partial charge in [0.2, 0.25) is 5.91 Å². The van der Waals surface area contributed by atoms with Crippen molar-refractivity contribution in [2.45, 2.75) is 52.7 Å². The summed E-state index contributed by atoms with van der Waals surface area (Å²) in [7, 11) is 1.93. The standard InChI is InChI=1S/C25H30N4O2/c1-16(14-25(3,4)17(2)30)24(31)29-15-18-10-6-7-11-19(18)22-23(28(5)27-26-22)20-12-8-9-13-21(20)29/h6-13,16,22-23H,14-15H2,1-5H3. The molecule has 3 atom stereocenters. The molecule has 0 bridgehead atoms. The van der Waals surface area contributed by atoms with E-state index in [9.17, 15) is 9.59 Å². The van der Waals surface area contributed by atoms with Gasteiger partial charge >= 0.3 is 0 Å². The van der Waals surface area contributed by atoms with E-state index in [1.807, 2.05) is 68.1 Å². The molecule has 6 nitrogen and oxygen atoms in total. The SMILES string of the molecule is CC(=O)C(C)(C)CC(C)C(=O)N1Cc2ccccc2C2N=NN(C)C2c2ccccc21. The molecule has 2 aromatic rings. The van der Waals surface area contributed by atoms with Crippen LogP contribution in [0.25, 0.3) is 0 Å². The van der Waals surface area contributed by atoms with Crippen molar-refractivity contribution in [3.8, 4) is 0 Å². The summed E-state index contributed by atoms with van der Waals surface area (Å²) in [6.45, 7) is 7.82. The first-order chi connectivity index (χ1) is 14.7. The van der Waals surface area contributed by atoms with E-state index < -0.39 is 5.41 Å². The summed E-state index contributed by atoms with van der Waals surface area (Å²) in [6, 6.07) is 16.0. The molecule has 0 N–H and O–H groups in total. The van der Waals surface area contributed by atoms with Crippen LogP contribution < -0.4 is 4.90 Å². The number of ketones is 1. The average Bonchev–Trinajstić information content (AvgIpc) is 3.10. The zero-order valence-corrected chi connectivity index (χ0v) is 18.9. The van der Waals surface area contributed by atoms with Crippen LogP contribution in [0.3, 0.4) is 0 Å². The van der Waals surface area contributed by atoms with Crippen LogP contribution in [0.2, 0.25) is 0 Å². The Morgan fingerprint density at radius 3 is 2.45 bits per heavy atom. The third-order valence-electron chi connectivity index (χ3n) is 6.72. The van der Waals surface area contributed by atoms with Crippen molar-refractivity contribution >= 4 is 17.4 Å². The quantitative estimate of drug-likeness (QED) is 0.679. The van der Waals surface area contributed by atoms with Crippen molar-refractivity contribution in [3.63, 3.8) is 0 Å². The monoisotopic (exact) mass is 418 g/mol. The minimum atomic E-state index is -0.538. The third kappa shape index (κ3) is 3.75. The van der Waals surface area contributed by atoms with Crippen LogP contribution in [0.1, 0.15) is 62.9 Å². The van der Waals surface area contributed by atoms with E-state index >= 15 is 0 Å². The number of hydrogen-bond acceptors (Lipinski definition) is 5. The number of likely N-dealkylation sites (N-methyl/N-ethyl adjacent to an activating group) is 1. The van der Waals surface area contributed by atoms with Gasteiger partial charge in [-0.2, -0.15) is 5.11 Å². The molecule has 0 spiro atoms. The molecule has 6 heteroatoms. The van der Waals surface area contributed by atoms with Gasteiger partial charge in [0.1, 0.15) is 17.9 Å². The molecular weight excluding hydrogens is 388 g/mol. The highest BCUT2D eigenvalue weighted by Crippen LogP contribution is 2.47. The number of hydrogen-bond donors (Lipinski definition) is 0. The Labute approximate surface area is 183 Å². The maximum atomic E-state index is 13.8. The molecule has 0 saturated heterocycles. The number of rotatable bonds is 4. The van der Waals surface area contributed by atoms with Crippen molar-refractivity contribution in [2.24, 2.45) is 21.7 Å². The van der Waals surface area contributed by atoms with Crippen molar-refractivity contribution in [1.82, 2.24) is 5.01 Å². The van der Waals surface area contributed by atoms with E-state index in [4.69, 9.17) is 0 Å². The van der Waals surface area contributed by atoms with Crippen LogP contribution in [-0.2, 0) is 16.1 Å². The lowest BCUT2D eigenvalue weighted by Crippen LogP contribution is -2.40. The number of para-hydroxylation sites is 1. The van der Waals surface area contributed by atoms with E-state index in [0.717, 1.165) is 22.4 Å². The normalized spacial score (nSPS) is 20.9. The predicted molar refractivity (Wildman–Crippen MR) is 120 cm³/mol. The number of carbonyl (C=O) groups excluding carboxylic acids is 2. The fourth-order valence-corrected chi connectivity index (χ4v) is 4.73. The molecule has 4 rings (SSSR count). The summed E-state index contributed by atoms with van der Waals surface area (Å²) >= 11 is 0. The Bertz CT molecular complexity index is 1050. The van der Waals surface area contributed by atoms with Gasteiger partial charge in [-0.25, -0.2) is 0 Å². The summed E-state index contributed by atoms with van der Waals surface area (Å²) in [5, 5.41) is 10.8. The Hall–Kier alpha value is -3.02. The van der Waals surface area contributed by atoms with Crippen LogP contribution in [0, 0.1) is 11.3 Å². The van der Waals surface area contributed by atoms with Crippen LogP contribution in [0.4, 0.5) is 5.69 Å². The molecule has 0 fully saturated rings. The van der Waals surface area contributed by atoms with Gasteiger partial charge in [0, 0.05) is 29.6 Å². The van der Waals surface area contributed by atoms with Gasteiger partial charge < -0.3 is 4.90 Å². The summed E-state index contributed by atoms with van der Waals surface area (Å²) in [5.41, 5.74) is 3.57. The van der Waals surface area contributed by atoms with E-state index in [-0.39, 0.29) is 29.7 Å². The first-order valence-electron chi connectivity index (χ1n) is 10.8. The largest absolute Gasteiger partial charge is 0.307 e. The van der Waals surface area contributed by atoms with Gasteiger partial charge in [0.15, 0.2) is 0 Å². The average molecular weight is 419 g/mol. The lowest BCUT2D eigenvalue weighted by molar-refractivity contribution is -0.128. The van der Waals surface area contributed by atoms with E-state index in [2.05, 4.69) is 28.5 Å².